The standard InChI is InChI=1S/C26H29N4O3/c1-26(2,25(27)31)24(18-11-7-4-8-12-18)29-23-20-14-13-19(17-9-5-3-6-10-17)15-21(20)28-16-22(23)30(32)33/h3,5-6,9-10,13-16,18,24,27H,4,7-8,11-12H2,1-2H3,(H,28,29). The predicted molar refractivity (Wildman–Crippen MR) is 130 cm³/mol. The number of carbonyl (C=O) groups excluding carboxylic acids is 1. The van der Waals surface area contributed by atoms with E-state index in [0.29, 0.717) is 16.6 Å². The molecule has 1 amide bonds. The number of fused-ring (bicyclic) bond motifs is 1. The zero-order valence-electron chi connectivity index (χ0n) is 19.0. The van der Waals surface area contributed by atoms with Gasteiger partial charge in [-0.05, 0) is 55.9 Å². The van der Waals surface area contributed by atoms with Crippen LogP contribution in [0.2, 0.25) is 0 Å². The van der Waals surface area contributed by atoms with Gasteiger partial charge in [-0.25, -0.2) is 4.98 Å². The first kappa shape index (κ1) is 22.7. The molecule has 0 aliphatic heterocycles. The summed E-state index contributed by atoms with van der Waals surface area (Å²) in [5.74, 6) is -0.507. The predicted octanol–water partition coefficient (Wildman–Crippen LogP) is 6.01. The van der Waals surface area contributed by atoms with Crippen molar-refractivity contribution in [3.8, 4) is 11.1 Å². The molecule has 1 saturated carbocycles. The molecule has 1 aromatic heterocycles. The zero-order valence-corrected chi connectivity index (χ0v) is 19.0. The lowest BCUT2D eigenvalue weighted by atomic mass is 9.71. The molecule has 7 heteroatoms. The number of hydrogen-bond donors (Lipinski definition) is 1. The molecule has 1 unspecified atom stereocenters. The fourth-order valence-electron chi connectivity index (χ4n) is 4.94. The third-order valence-electron chi connectivity index (χ3n) is 6.94. The van der Waals surface area contributed by atoms with Crippen LogP contribution in [0.1, 0.15) is 46.0 Å². The maximum absolute atomic E-state index is 12.3. The molecule has 1 heterocycles. The van der Waals surface area contributed by atoms with Crippen LogP contribution in [-0.2, 0) is 4.79 Å². The van der Waals surface area contributed by atoms with Crippen molar-refractivity contribution in [3.05, 3.63) is 64.8 Å². The molecular weight excluding hydrogens is 416 g/mol. The van der Waals surface area contributed by atoms with Crippen molar-refractivity contribution in [3.63, 3.8) is 0 Å². The van der Waals surface area contributed by atoms with Crippen molar-refractivity contribution in [2.24, 2.45) is 11.3 Å². The van der Waals surface area contributed by atoms with Crippen LogP contribution in [0.4, 0.5) is 11.4 Å². The summed E-state index contributed by atoms with van der Waals surface area (Å²) in [6, 6.07) is 15.2. The number of rotatable bonds is 7. The van der Waals surface area contributed by atoms with Gasteiger partial charge in [0.2, 0.25) is 5.91 Å². The quantitative estimate of drug-likeness (QED) is 0.354. The Morgan fingerprint density at radius 2 is 1.82 bits per heavy atom. The lowest BCUT2D eigenvalue weighted by Crippen LogP contribution is -2.48. The molecular formula is C26H29N4O3. The molecule has 1 radical (unpaired) electrons. The van der Waals surface area contributed by atoms with Gasteiger partial charge in [0.05, 0.1) is 15.9 Å². The summed E-state index contributed by atoms with van der Waals surface area (Å²) in [4.78, 5) is 28.2. The summed E-state index contributed by atoms with van der Waals surface area (Å²) in [7, 11) is 0. The summed E-state index contributed by atoms with van der Waals surface area (Å²) >= 11 is 0. The molecule has 7 nitrogen and oxygen atoms in total. The van der Waals surface area contributed by atoms with E-state index in [-0.39, 0.29) is 17.6 Å². The first-order chi connectivity index (χ1) is 15.8. The van der Waals surface area contributed by atoms with E-state index in [9.17, 15) is 14.9 Å². The van der Waals surface area contributed by atoms with E-state index in [4.69, 9.17) is 5.73 Å². The molecule has 2 aromatic carbocycles. The number of aromatic nitrogens is 1. The number of hydrogen-bond acceptors (Lipinski definition) is 5. The highest BCUT2D eigenvalue weighted by atomic mass is 16.6. The van der Waals surface area contributed by atoms with Crippen molar-refractivity contribution >= 4 is 28.2 Å². The Hall–Kier alpha value is -3.48. The number of benzene rings is 2. The van der Waals surface area contributed by atoms with E-state index in [1.54, 1.807) is 13.8 Å². The van der Waals surface area contributed by atoms with Crippen molar-refractivity contribution in [1.82, 2.24) is 10.7 Å². The van der Waals surface area contributed by atoms with E-state index >= 15 is 0 Å². The fraction of sp³-hybridized carbons (Fsp3) is 0.385. The smallest absolute Gasteiger partial charge is 0.311 e. The maximum Gasteiger partial charge on any atom is 0.311 e. The van der Waals surface area contributed by atoms with E-state index in [1.807, 2.05) is 48.5 Å². The van der Waals surface area contributed by atoms with Crippen LogP contribution in [0.3, 0.4) is 0 Å². The molecule has 2 N–H and O–H groups in total. The molecule has 1 aliphatic carbocycles. The molecule has 171 valence electrons. The van der Waals surface area contributed by atoms with E-state index in [2.05, 4.69) is 10.3 Å². The minimum Gasteiger partial charge on any atom is -0.375 e. The summed E-state index contributed by atoms with van der Waals surface area (Å²) in [5, 5.41) is 16.0. The van der Waals surface area contributed by atoms with Crippen LogP contribution in [-0.4, -0.2) is 21.9 Å². The molecule has 4 rings (SSSR count). The zero-order chi connectivity index (χ0) is 23.6. The Morgan fingerprint density at radius 1 is 1.12 bits per heavy atom. The van der Waals surface area contributed by atoms with Crippen LogP contribution in [0.5, 0.6) is 0 Å². The highest BCUT2D eigenvalue weighted by molar-refractivity contribution is 5.98. The summed E-state index contributed by atoms with van der Waals surface area (Å²) < 4.78 is 0. The van der Waals surface area contributed by atoms with Crippen LogP contribution in [0.15, 0.2) is 54.7 Å². The lowest BCUT2D eigenvalue weighted by molar-refractivity contribution is -0.384. The Kier molecular flexibility index (Phi) is 6.31. The highest BCUT2D eigenvalue weighted by Gasteiger charge is 2.42. The van der Waals surface area contributed by atoms with Crippen molar-refractivity contribution in [2.45, 2.75) is 52.0 Å². The number of nitro groups is 1. The SMILES string of the molecule is CC(C)(C([NH])=O)C(Nc1c([N+](=O)[O-])cnc2cc(-c3ccccc3)ccc12)C1CCCCC1. The average Bonchev–Trinajstić information content (AvgIpc) is 2.82. The van der Waals surface area contributed by atoms with Crippen LogP contribution >= 0.6 is 0 Å². The Bertz CT molecular complexity index is 1170. The second-order valence-corrected chi connectivity index (χ2v) is 9.44. The number of amides is 1. The van der Waals surface area contributed by atoms with Gasteiger partial charge in [-0.3, -0.25) is 20.6 Å². The lowest BCUT2D eigenvalue weighted by Gasteiger charge is -2.40. The number of nitrogens with one attached hydrogen (secondary N) is 2. The molecule has 33 heavy (non-hydrogen) atoms. The molecule has 0 spiro atoms. The van der Waals surface area contributed by atoms with Gasteiger partial charge >= 0.3 is 5.69 Å². The largest absolute Gasteiger partial charge is 0.375 e. The first-order valence-electron chi connectivity index (χ1n) is 11.4. The third kappa shape index (κ3) is 4.53. The Labute approximate surface area is 193 Å². The number of nitrogens with zero attached hydrogens (tertiary/aromatic N) is 2. The monoisotopic (exact) mass is 445 g/mol. The number of anilines is 1. The molecule has 3 aromatic rings. The second-order valence-electron chi connectivity index (χ2n) is 9.44. The maximum atomic E-state index is 12.3. The fourth-order valence-corrected chi connectivity index (χ4v) is 4.94. The highest BCUT2D eigenvalue weighted by Crippen LogP contribution is 2.41. The first-order valence-corrected chi connectivity index (χ1v) is 11.4. The van der Waals surface area contributed by atoms with E-state index in [0.717, 1.165) is 43.2 Å². The van der Waals surface area contributed by atoms with Crippen LogP contribution < -0.4 is 11.1 Å². The van der Waals surface area contributed by atoms with Gasteiger partial charge < -0.3 is 5.32 Å². The van der Waals surface area contributed by atoms with E-state index in [1.165, 1.54) is 6.20 Å². The van der Waals surface area contributed by atoms with Gasteiger partial charge in [0.15, 0.2) is 0 Å². The number of pyridine rings is 1. The van der Waals surface area contributed by atoms with Gasteiger partial charge in [-0.15, -0.1) is 0 Å². The number of carbonyl (C=O) groups is 1. The van der Waals surface area contributed by atoms with Gasteiger partial charge in [-0.1, -0.05) is 55.7 Å². The minimum absolute atomic E-state index is 0.121. The third-order valence-corrected chi connectivity index (χ3v) is 6.94. The average molecular weight is 446 g/mol. The summed E-state index contributed by atoms with van der Waals surface area (Å²) in [6.07, 6.45) is 6.42. The second kappa shape index (κ2) is 9.17. The summed E-state index contributed by atoms with van der Waals surface area (Å²) in [6.45, 7) is 3.52. The normalized spacial score (nSPS) is 15.8. The summed E-state index contributed by atoms with van der Waals surface area (Å²) in [5.41, 5.74) is 9.80. The Balaban J connectivity index is 1.83. The van der Waals surface area contributed by atoms with Gasteiger partial charge in [-0.2, -0.15) is 0 Å². The molecule has 1 fully saturated rings. The van der Waals surface area contributed by atoms with Crippen molar-refractivity contribution in [1.29, 1.82) is 0 Å². The van der Waals surface area contributed by atoms with Gasteiger partial charge in [0.1, 0.15) is 11.9 Å². The molecule has 1 atom stereocenters. The van der Waals surface area contributed by atoms with Crippen LogP contribution in [0.25, 0.3) is 22.0 Å². The van der Waals surface area contributed by atoms with Crippen LogP contribution in [0, 0.1) is 21.4 Å². The van der Waals surface area contributed by atoms with Gasteiger partial charge in [0, 0.05) is 11.4 Å². The molecule has 1 aliphatic rings. The Morgan fingerprint density at radius 3 is 2.45 bits per heavy atom. The van der Waals surface area contributed by atoms with Crippen molar-refractivity contribution < 1.29 is 9.72 Å². The minimum atomic E-state index is -0.991. The van der Waals surface area contributed by atoms with Crippen molar-refractivity contribution in [2.75, 3.05) is 5.32 Å². The topological polar surface area (TPSA) is 109 Å². The molecule has 0 saturated heterocycles. The van der Waals surface area contributed by atoms with E-state index < -0.39 is 16.2 Å². The van der Waals surface area contributed by atoms with Gasteiger partial charge in [0.25, 0.3) is 0 Å². The molecule has 0 bridgehead atoms.